The number of carbonyl (C=O) groups is 1. The second-order valence-electron chi connectivity index (χ2n) is 9.71. The Hall–Kier alpha value is -3.29. The standard InChI is InChI=1S/C30H29F2NO3S/c1-18-4-9-25-26(12-18)37-30(28(34)27-19(2)13-22(32)14-20(27)3)29(25)36-24-7-5-23(6-8-24)35-11-10-33-16-21(15-31)17-33/h4-9,12-14,21H,10-11,15-17H2,1-3H3. The van der Waals surface area contributed by atoms with E-state index < -0.39 is 0 Å². The molecule has 1 aliphatic rings. The van der Waals surface area contributed by atoms with Gasteiger partial charge in [-0.1, -0.05) is 6.07 Å². The number of likely N-dealkylation sites (tertiary alicyclic amines) is 1. The minimum atomic E-state index is -0.355. The van der Waals surface area contributed by atoms with Crippen molar-refractivity contribution in [2.45, 2.75) is 20.8 Å². The van der Waals surface area contributed by atoms with Crippen LogP contribution >= 0.6 is 11.3 Å². The summed E-state index contributed by atoms with van der Waals surface area (Å²) in [5.41, 5.74) is 2.79. The molecule has 5 rings (SSSR count). The third-order valence-electron chi connectivity index (χ3n) is 6.70. The maximum absolute atomic E-state index is 13.9. The predicted molar refractivity (Wildman–Crippen MR) is 144 cm³/mol. The quantitative estimate of drug-likeness (QED) is 0.217. The Kier molecular flexibility index (Phi) is 7.26. The van der Waals surface area contributed by atoms with E-state index in [4.69, 9.17) is 9.47 Å². The smallest absolute Gasteiger partial charge is 0.207 e. The maximum Gasteiger partial charge on any atom is 0.207 e. The van der Waals surface area contributed by atoms with Gasteiger partial charge in [0.1, 0.15) is 28.8 Å². The first-order valence-corrected chi connectivity index (χ1v) is 13.2. The fourth-order valence-electron chi connectivity index (χ4n) is 4.78. The molecule has 4 nitrogen and oxygen atoms in total. The Labute approximate surface area is 219 Å². The number of thiophene rings is 1. The minimum absolute atomic E-state index is 0.168. The van der Waals surface area contributed by atoms with Gasteiger partial charge in [0.15, 0.2) is 5.75 Å². The first-order valence-electron chi connectivity index (χ1n) is 12.4. The van der Waals surface area contributed by atoms with Gasteiger partial charge in [-0.2, -0.15) is 0 Å². The van der Waals surface area contributed by atoms with Crippen molar-refractivity contribution in [1.82, 2.24) is 4.90 Å². The van der Waals surface area contributed by atoms with E-state index in [2.05, 4.69) is 4.90 Å². The molecular formula is C30H29F2NO3S. The van der Waals surface area contributed by atoms with Crippen molar-refractivity contribution in [2.75, 3.05) is 32.9 Å². The van der Waals surface area contributed by atoms with Gasteiger partial charge >= 0.3 is 0 Å². The van der Waals surface area contributed by atoms with Crippen LogP contribution in [0.2, 0.25) is 0 Å². The number of carbonyl (C=O) groups excluding carboxylic acids is 1. The first-order chi connectivity index (χ1) is 17.8. The van der Waals surface area contributed by atoms with Gasteiger partial charge in [-0.15, -0.1) is 11.3 Å². The van der Waals surface area contributed by atoms with Crippen molar-refractivity contribution in [1.29, 1.82) is 0 Å². The van der Waals surface area contributed by atoms with Gasteiger partial charge in [0.05, 0.1) is 6.67 Å². The summed E-state index contributed by atoms with van der Waals surface area (Å²) in [4.78, 5) is 16.4. The molecule has 7 heteroatoms. The van der Waals surface area contributed by atoms with Crippen LogP contribution in [0.5, 0.6) is 17.2 Å². The molecule has 0 aliphatic carbocycles. The number of halogens is 2. The zero-order valence-electron chi connectivity index (χ0n) is 21.1. The summed E-state index contributed by atoms with van der Waals surface area (Å²) in [7, 11) is 0. The van der Waals surface area contributed by atoms with Gasteiger partial charge in [-0.25, -0.2) is 4.39 Å². The second-order valence-corrected chi connectivity index (χ2v) is 10.8. The lowest BCUT2D eigenvalue weighted by atomic mass is 9.97. The van der Waals surface area contributed by atoms with E-state index >= 15 is 0 Å². The number of fused-ring (bicyclic) bond motifs is 1. The van der Waals surface area contributed by atoms with Gasteiger partial charge in [-0.05, 0) is 86.0 Å². The van der Waals surface area contributed by atoms with Crippen LogP contribution in [0.25, 0.3) is 10.1 Å². The monoisotopic (exact) mass is 521 g/mol. The lowest BCUT2D eigenvalue weighted by Gasteiger charge is -2.37. The van der Waals surface area contributed by atoms with Crippen molar-refractivity contribution in [2.24, 2.45) is 5.92 Å². The molecule has 192 valence electrons. The molecule has 1 saturated heterocycles. The van der Waals surface area contributed by atoms with Gasteiger partial charge < -0.3 is 9.47 Å². The number of hydrogen-bond donors (Lipinski definition) is 0. The third-order valence-corrected chi connectivity index (χ3v) is 7.83. The van der Waals surface area contributed by atoms with E-state index in [9.17, 15) is 13.6 Å². The Morgan fingerprint density at radius 3 is 2.35 bits per heavy atom. The van der Waals surface area contributed by atoms with E-state index in [0.717, 1.165) is 41.0 Å². The average molecular weight is 522 g/mol. The van der Waals surface area contributed by atoms with Gasteiger partial charge in [0.25, 0.3) is 0 Å². The van der Waals surface area contributed by atoms with Crippen LogP contribution in [-0.2, 0) is 0 Å². The molecule has 0 saturated carbocycles. The van der Waals surface area contributed by atoms with E-state index in [1.807, 2.05) is 49.4 Å². The third kappa shape index (κ3) is 5.38. The molecule has 0 spiro atoms. The predicted octanol–water partition coefficient (Wildman–Crippen LogP) is 7.27. The number of ether oxygens (including phenoxy) is 2. The molecule has 0 N–H and O–H groups in total. The van der Waals surface area contributed by atoms with Crippen molar-refractivity contribution in [3.8, 4) is 17.2 Å². The number of hydrogen-bond acceptors (Lipinski definition) is 5. The van der Waals surface area contributed by atoms with Crippen LogP contribution in [0, 0.1) is 32.5 Å². The summed E-state index contributed by atoms with van der Waals surface area (Å²) in [6, 6.07) is 16.1. The lowest BCUT2D eigenvalue weighted by Crippen LogP contribution is -2.49. The number of nitrogens with zero attached hydrogens (tertiary/aromatic N) is 1. The Morgan fingerprint density at radius 2 is 1.68 bits per heavy atom. The summed E-state index contributed by atoms with van der Waals surface area (Å²) >= 11 is 1.39. The van der Waals surface area contributed by atoms with Crippen molar-refractivity contribution >= 4 is 27.2 Å². The molecule has 3 aromatic carbocycles. The second kappa shape index (κ2) is 10.6. The molecule has 4 aromatic rings. The van der Waals surface area contributed by atoms with E-state index in [1.54, 1.807) is 13.8 Å². The average Bonchev–Trinajstić information content (AvgIpc) is 3.18. The van der Waals surface area contributed by atoms with Crippen LogP contribution in [-0.4, -0.2) is 43.6 Å². The molecule has 1 fully saturated rings. The van der Waals surface area contributed by atoms with Crippen LogP contribution in [0.3, 0.4) is 0 Å². The maximum atomic E-state index is 13.9. The normalized spacial score (nSPS) is 14.1. The molecular weight excluding hydrogens is 492 g/mol. The highest BCUT2D eigenvalue weighted by Gasteiger charge is 2.26. The van der Waals surface area contributed by atoms with Gasteiger partial charge in [0.2, 0.25) is 5.78 Å². The minimum Gasteiger partial charge on any atom is -0.492 e. The van der Waals surface area contributed by atoms with Crippen molar-refractivity contribution < 1.29 is 23.0 Å². The fourth-order valence-corrected chi connectivity index (χ4v) is 5.96. The van der Waals surface area contributed by atoms with Crippen LogP contribution in [0.1, 0.15) is 31.9 Å². The largest absolute Gasteiger partial charge is 0.492 e. The Balaban J connectivity index is 1.37. The van der Waals surface area contributed by atoms with E-state index in [0.29, 0.717) is 39.7 Å². The summed E-state index contributed by atoms with van der Waals surface area (Å²) < 4.78 is 39.6. The molecule has 37 heavy (non-hydrogen) atoms. The van der Waals surface area contributed by atoms with Crippen molar-refractivity contribution in [3.05, 3.63) is 87.5 Å². The highest BCUT2D eigenvalue weighted by Crippen LogP contribution is 2.42. The topological polar surface area (TPSA) is 38.8 Å². The van der Waals surface area contributed by atoms with Gasteiger partial charge in [-0.3, -0.25) is 14.1 Å². The molecule has 0 atom stereocenters. The molecule has 0 bridgehead atoms. The first kappa shape index (κ1) is 25.4. The number of rotatable bonds is 9. The number of benzene rings is 3. The van der Waals surface area contributed by atoms with E-state index in [1.165, 1.54) is 23.5 Å². The molecule has 2 heterocycles. The highest BCUT2D eigenvalue weighted by molar-refractivity contribution is 7.21. The highest BCUT2D eigenvalue weighted by atomic mass is 32.1. The van der Waals surface area contributed by atoms with Crippen LogP contribution in [0.4, 0.5) is 8.78 Å². The van der Waals surface area contributed by atoms with Crippen LogP contribution in [0.15, 0.2) is 54.6 Å². The SMILES string of the molecule is Cc1ccc2c(Oc3ccc(OCCN4CC(CF)C4)cc3)c(C(=O)c3c(C)cc(F)cc3C)sc2c1. The number of alkyl halides is 1. The Bertz CT molecular complexity index is 1420. The summed E-state index contributed by atoms with van der Waals surface area (Å²) in [5.74, 6) is 1.44. The van der Waals surface area contributed by atoms with Gasteiger partial charge in [0, 0.05) is 41.2 Å². The zero-order valence-corrected chi connectivity index (χ0v) is 22.0. The van der Waals surface area contributed by atoms with Crippen molar-refractivity contribution in [3.63, 3.8) is 0 Å². The summed E-state index contributed by atoms with van der Waals surface area (Å²) in [5, 5.41) is 0.859. The molecule has 0 unspecified atom stereocenters. The van der Waals surface area contributed by atoms with E-state index in [-0.39, 0.29) is 24.2 Å². The molecule has 1 aliphatic heterocycles. The molecule has 0 radical (unpaired) electrons. The lowest BCUT2D eigenvalue weighted by molar-refractivity contribution is 0.0668. The molecule has 1 aromatic heterocycles. The zero-order chi connectivity index (χ0) is 26.1. The molecule has 0 amide bonds. The summed E-state index contributed by atoms with van der Waals surface area (Å²) in [6.07, 6.45) is 0. The number of ketones is 1. The summed E-state index contributed by atoms with van der Waals surface area (Å²) in [6.45, 7) is 8.13. The number of aryl methyl sites for hydroxylation is 3. The Morgan fingerprint density at radius 1 is 1.00 bits per heavy atom. The van der Waals surface area contributed by atoms with Crippen LogP contribution < -0.4 is 9.47 Å². The fraction of sp³-hybridized carbons (Fsp3) is 0.300.